The molecule has 1 aromatic heterocycles. The molecule has 28 heavy (non-hydrogen) atoms. The summed E-state index contributed by atoms with van der Waals surface area (Å²) in [6, 6.07) is 17.3. The van der Waals surface area contributed by atoms with Crippen LogP contribution in [0.1, 0.15) is 28.5 Å². The lowest BCUT2D eigenvalue weighted by molar-refractivity contribution is -0.113. The molecule has 3 aromatic rings. The maximum atomic E-state index is 11.9. The monoisotopic (exact) mass is 377 g/mol. The predicted octanol–water partition coefficient (Wildman–Crippen LogP) is 4.17. The number of carbonyl (C=O) groups is 1. The van der Waals surface area contributed by atoms with Crippen molar-refractivity contribution < 1.29 is 18.7 Å². The van der Waals surface area contributed by atoms with Gasteiger partial charge in [0.05, 0.1) is 19.4 Å². The van der Waals surface area contributed by atoms with Gasteiger partial charge in [0, 0.05) is 25.1 Å². The number of rotatable bonds is 7. The van der Waals surface area contributed by atoms with Crippen molar-refractivity contribution in [2.75, 3.05) is 13.7 Å². The van der Waals surface area contributed by atoms with Crippen LogP contribution in [-0.2, 0) is 24.4 Å². The van der Waals surface area contributed by atoms with E-state index in [0.29, 0.717) is 24.7 Å². The van der Waals surface area contributed by atoms with Gasteiger partial charge in [-0.1, -0.05) is 36.4 Å². The summed E-state index contributed by atoms with van der Waals surface area (Å²) < 4.78 is 16.9. The number of ether oxygens (including phenoxy) is 2. The molecule has 144 valence electrons. The standard InChI is InChI=1S/C23H23NO4/c1-26-23-13-18(7-8-22(23)28-16-17-5-3-2-4-6-17)20(15-25)24-11-9-21-19(14-24)10-12-27-21/h2-8,10,12-13,15,20H,9,11,14,16H2,1H3. The molecule has 0 radical (unpaired) electrons. The van der Waals surface area contributed by atoms with Gasteiger partial charge in [-0.05, 0) is 29.3 Å². The van der Waals surface area contributed by atoms with E-state index in [0.717, 1.165) is 41.7 Å². The Balaban J connectivity index is 1.51. The normalized spacial score (nSPS) is 14.9. The minimum Gasteiger partial charge on any atom is -0.493 e. The second-order valence-electron chi connectivity index (χ2n) is 6.85. The van der Waals surface area contributed by atoms with Gasteiger partial charge in [-0.15, -0.1) is 0 Å². The van der Waals surface area contributed by atoms with Crippen LogP contribution in [0, 0.1) is 0 Å². The van der Waals surface area contributed by atoms with E-state index in [1.54, 1.807) is 13.4 Å². The molecule has 1 aliphatic rings. The second-order valence-corrected chi connectivity index (χ2v) is 6.85. The molecule has 2 aromatic carbocycles. The van der Waals surface area contributed by atoms with Gasteiger partial charge < -0.3 is 18.7 Å². The number of benzene rings is 2. The Morgan fingerprint density at radius 3 is 2.79 bits per heavy atom. The van der Waals surface area contributed by atoms with Crippen molar-refractivity contribution in [3.8, 4) is 11.5 Å². The number of aldehydes is 1. The molecule has 1 unspecified atom stereocenters. The second kappa shape index (κ2) is 8.31. The molecule has 4 rings (SSSR count). The van der Waals surface area contributed by atoms with Crippen LogP contribution >= 0.6 is 0 Å². The topological polar surface area (TPSA) is 51.9 Å². The van der Waals surface area contributed by atoms with E-state index in [9.17, 15) is 4.79 Å². The molecule has 1 aliphatic heterocycles. The number of furan rings is 1. The summed E-state index contributed by atoms with van der Waals surface area (Å²) in [6.07, 6.45) is 3.51. The van der Waals surface area contributed by atoms with E-state index in [2.05, 4.69) is 4.90 Å². The third-order valence-electron chi connectivity index (χ3n) is 5.13. The molecule has 5 heteroatoms. The lowest BCUT2D eigenvalue weighted by Crippen LogP contribution is -2.34. The summed E-state index contributed by atoms with van der Waals surface area (Å²) in [5.41, 5.74) is 3.13. The van der Waals surface area contributed by atoms with E-state index < -0.39 is 0 Å². The van der Waals surface area contributed by atoms with Gasteiger partial charge in [0.2, 0.25) is 0 Å². The first-order valence-corrected chi connectivity index (χ1v) is 9.37. The minimum absolute atomic E-state index is 0.333. The third-order valence-corrected chi connectivity index (χ3v) is 5.13. The Morgan fingerprint density at radius 2 is 2.00 bits per heavy atom. The molecular formula is C23H23NO4. The summed E-state index contributed by atoms with van der Waals surface area (Å²) >= 11 is 0. The average molecular weight is 377 g/mol. The van der Waals surface area contributed by atoms with E-state index in [1.807, 2.05) is 54.6 Å². The highest BCUT2D eigenvalue weighted by atomic mass is 16.5. The third kappa shape index (κ3) is 3.80. The molecule has 0 N–H and O–H groups in total. The average Bonchev–Trinajstić information content (AvgIpc) is 3.22. The maximum absolute atomic E-state index is 11.9. The Labute approximate surface area is 164 Å². The van der Waals surface area contributed by atoms with Gasteiger partial charge in [0.1, 0.15) is 18.7 Å². The van der Waals surface area contributed by atoms with Crippen molar-refractivity contribution in [1.82, 2.24) is 4.90 Å². The number of methoxy groups -OCH3 is 1. The molecule has 0 spiro atoms. The van der Waals surface area contributed by atoms with Gasteiger partial charge in [-0.3, -0.25) is 4.90 Å². The maximum Gasteiger partial charge on any atom is 0.161 e. The van der Waals surface area contributed by atoms with Crippen molar-refractivity contribution in [1.29, 1.82) is 0 Å². The molecule has 0 saturated carbocycles. The molecule has 1 atom stereocenters. The molecule has 0 bridgehead atoms. The highest BCUT2D eigenvalue weighted by Crippen LogP contribution is 2.34. The van der Waals surface area contributed by atoms with Crippen LogP contribution in [0.4, 0.5) is 0 Å². The zero-order chi connectivity index (χ0) is 19.3. The fourth-order valence-corrected chi connectivity index (χ4v) is 3.61. The van der Waals surface area contributed by atoms with Crippen LogP contribution in [0.15, 0.2) is 65.3 Å². The summed E-state index contributed by atoms with van der Waals surface area (Å²) in [6.45, 7) is 1.94. The molecule has 5 nitrogen and oxygen atoms in total. The zero-order valence-electron chi connectivity index (χ0n) is 15.8. The van der Waals surface area contributed by atoms with E-state index in [4.69, 9.17) is 13.9 Å². The molecule has 0 amide bonds. The van der Waals surface area contributed by atoms with Crippen molar-refractivity contribution in [2.24, 2.45) is 0 Å². The molecule has 0 fully saturated rings. The van der Waals surface area contributed by atoms with E-state index in [1.165, 1.54) is 0 Å². The van der Waals surface area contributed by atoms with Gasteiger partial charge in [0.25, 0.3) is 0 Å². The Morgan fingerprint density at radius 1 is 1.14 bits per heavy atom. The highest BCUT2D eigenvalue weighted by molar-refractivity contribution is 5.63. The fourth-order valence-electron chi connectivity index (χ4n) is 3.61. The number of hydrogen-bond donors (Lipinski definition) is 0. The van der Waals surface area contributed by atoms with E-state index in [-0.39, 0.29) is 6.04 Å². The lowest BCUT2D eigenvalue weighted by atomic mass is 10.0. The van der Waals surface area contributed by atoms with Gasteiger partial charge >= 0.3 is 0 Å². The summed E-state index contributed by atoms with van der Waals surface area (Å²) in [4.78, 5) is 14.1. The SMILES string of the molecule is COc1cc(C(C=O)N2CCc3occc3C2)ccc1OCc1ccccc1. The highest BCUT2D eigenvalue weighted by Gasteiger charge is 2.26. The quantitative estimate of drug-likeness (QED) is 0.579. The van der Waals surface area contributed by atoms with Crippen LogP contribution in [-0.4, -0.2) is 24.8 Å². The van der Waals surface area contributed by atoms with Crippen LogP contribution in [0.5, 0.6) is 11.5 Å². The number of hydrogen-bond acceptors (Lipinski definition) is 5. The van der Waals surface area contributed by atoms with Crippen LogP contribution in [0.25, 0.3) is 0 Å². The van der Waals surface area contributed by atoms with Gasteiger partial charge in [0.15, 0.2) is 11.5 Å². The Bertz CT molecular complexity index is 935. The predicted molar refractivity (Wildman–Crippen MR) is 105 cm³/mol. The number of carbonyl (C=O) groups excluding carboxylic acids is 1. The Hall–Kier alpha value is -3.05. The first-order valence-electron chi connectivity index (χ1n) is 9.37. The van der Waals surface area contributed by atoms with Crippen LogP contribution in [0.3, 0.4) is 0 Å². The largest absolute Gasteiger partial charge is 0.493 e. The first kappa shape index (κ1) is 18.3. The van der Waals surface area contributed by atoms with Crippen molar-refractivity contribution in [3.05, 3.63) is 83.3 Å². The molecule has 2 heterocycles. The van der Waals surface area contributed by atoms with Crippen molar-refractivity contribution >= 4 is 6.29 Å². The summed E-state index contributed by atoms with van der Waals surface area (Å²) in [7, 11) is 1.61. The van der Waals surface area contributed by atoms with Crippen molar-refractivity contribution in [3.63, 3.8) is 0 Å². The molecule has 0 aliphatic carbocycles. The summed E-state index contributed by atoms with van der Waals surface area (Å²) in [5.74, 6) is 2.31. The van der Waals surface area contributed by atoms with Crippen LogP contribution < -0.4 is 9.47 Å². The van der Waals surface area contributed by atoms with Crippen LogP contribution in [0.2, 0.25) is 0 Å². The number of nitrogens with zero attached hydrogens (tertiary/aromatic N) is 1. The first-order chi connectivity index (χ1) is 13.8. The number of fused-ring (bicyclic) bond motifs is 1. The Kier molecular flexibility index (Phi) is 5.44. The molecular weight excluding hydrogens is 354 g/mol. The van der Waals surface area contributed by atoms with Crippen molar-refractivity contribution in [2.45, 2.75) is 25.6 Å². The fraction of sp³-hybridized carbons (Fsp3) is 0.261. The minimum atomic E-state index is -0.333. The zero-order valence-corrected chi connectivity index (χ0v) is 15.8. The smallest absolute Gasteiger partial charge is 0.161 e. The summed E-state index contributed by atoms with van der Waals surface area (Å²) in [5, 5.41) is 0. The lowest BCUT2D eigenvalue weighted by Gasteiger charge is -2.31. The van der Waals surface area contributed by atoms with Gasteiger partial charge in [-0.2, -0.15) is 0 Å². The molecule has 0 saturated heterocycles. The van der Waals surface area contributed by atoms with Gasteiger partial charge in [-0.25, -0.2) is 0 Å². The van der Waals surface area contributed by atoms with E-state index >= 15 is 0 Å².